The number of carbonyl (C=O) groups is 2. The number of hydrogen-bond acceptors (Lipinski definition) is 4. The second-order valence-corrected chi connectivity index (χ2v) is 4.70. The van der Waals surface area contributed by atoms with Gasteiger partial charge in [0.05, 0.1) is 5.02 Å². The Bertz CT molecular complexity index is 477. The predicted octanol–water partition coefficient (Wildman–Crippen LogP) is 0.962. The number of pyridine rings is 1. The number of carbonyl (C=O) groups excluding carboxylic acids is 2. The van der Waals surface area contributed by atoms with Crippen molar-refractivity contribution in [1.29, 1.82) is 0 Å². The van der Waals surface area contributed by atoms with Crippen molar-refractivity contribution in [3.05, 3.63) is 22.8 Å². The van der Waals surface area contributed by atoms with E-state index in [4.69, 9.17) is 17.3 Å². The molecule has 0 unspecified atom stereocenters. The molecule has 0 bridgehead atoms. The molecule has 0 aliphatic heterocycles. The molecule has 1 rings (SSSR count). The maximum Gasteiger partial charge on any atom is 0.271 e. The van der Waals surface area contributed by atoms with Crippen LogP contribution in [-0.2, 0) is 4.79 Å². The van der Waals surface area contributed by atoms with Gasteiger partial charge in [-0.05, 0) is 26.0 Å². The molecular formula is C12H17ClN4O2. The number of rotatable bonds is 5. The largest absolute Gasteiger partial charge is 0.384 e. The lowest BCUT2D eigenvalue weighted by Crippen LogP contribution is -2.34. The van der Waals surface area contributed by atoms with E-state index >= 15 is 0 Å². The maximum absolute atomic E-state index is 11.8. The summed E-state index contributed by atoms with van der Waals surface area (Å²) in [4.78, 5) is 27.0. The topological polar surface area (TPSA) is 97.1 Å². The average molecular weight is 285 g/mol. The molecule has 0 fully saturated rings. The third kappa shape index (κ3) is 5.13. The summed E-state index contributed by atoms with van der Waals surface area (Å²) in [6.07, 6.45) is 0.198. The molecule has 104 valence electrons. The summed E-state index contributed by atoms with van der Waals surface area (Å²) in [5.74, 6) is -0.358. The van der Waals surface area contributed by atoms with Crippen LogP contribution in [0.15, 0.2) is 12.1 Å². The van der Waals surface area contributed by atoms with Crippen molar-refractivity contribution in [2.45, 2.75) is 26.3 Å². The molecule has 0 atom stereocenters. The molecule has 0 aliphatic carbocycles. The highest BCUT2D eigenvalue weighted by atomic mass is 35.5. The highest BCUT2D eigenvalue weighted by Gasteiger charge is 2.12. The van der Waals surface area contributed by atoms with Gasteiger partial charge in [-0.25, -0.2) is 4.98 Å². The van der Waals surface area contributed by atoms with Crippen LogP contribution in [0.2, 0.25) is 5.02 Å². The molecule has 2 amide bonds. The third-order valence-electron chi connectivity index (χ3n) is 2.17. The van der Waals surface area contributed by atoms with E-state index < -0.39 is 5.91 Å². The Kier molecular flexibility index (Phi) is 5.57. The Morgan fingerprint density at radius 2 is 2.11 bits per heavy atom. The smallest absolute Gasteiger partial charge is 0.271 e. The highest BCUT2D eigenvalue weighted by molar-refractivity contribution is 6.33. The summed E-state index contributed by atoms with van der Waals surface area (Å²) in [5, 5.41) is 5.51. The first-order chi connectivity index (χ1) is 8.90. The van der Waals surface area contributed by atoms with E-state index in [1.54, 1.807) is 0 Å². The van der Waals surface area contributed by atoms with Crippen LogP contribution in [0.3, 0.4) is 0 Å². The second kappa shape index (κ2) is 6.94. The van der Waals surface area contributed by atoms with Crippen molar-refractivity contribution in [1.82, 2.24) is 15.6 Å². The lowest BCUT2D eigenvalue weighted by Gasteiger charge is -2.09. The van der Waals surface area contributed by atoms with Gasteiger partial charge in [0, 0.05) is 19.0 Å². The number of anilines is 1. The molecule has 0 saturated heterocycles. The van der Waals surface area contributed by atoms with E-state index in [2.05, 4.69) is 15.6 Å². The molecule has 6 nitrogen and oxygen atoms in total. The van der Waals surface area contributed by atoms with Crippen LogP contribution in [0.1, 0.15) is 30.8 Å². The fourth-order valence-corrected chi connectivity index (χ4v) is 1.57. The summed E-state index contributed by atoms with van der Waals surface area (Å²) in [7, 11) is 0. The number of nitrogens with one attached hydrogen (secondary N) is 2. The van der Waals surface area contributed by atoms with Crippen LogP contribution >= 0.6 is 11.6 Å². The SMILES string of the molecule is CC(C)NC(=O)CCNC(=O)c1nc(N)ccc1Cl. The van der Waals surface area contributed by atoms with E-state index in [-0.39, 0.29) is 41.4 Å². The van der Waals surface area contributed by atoms with Crippen molar-refractivity contribution in [2.24, 2.45) is 0 Å². The predicted molar refractivity (Wildman–Crippen MR) is 73.9 cm³/mol. The van der Waals surface area contributed by atoms with E-state index in [0.717, 1.165) is 0 Å². The summed E-state index contributed by atoms with van der Waals surface area (Å²) >= 11 is 5.84. The van der Waals surface area contributed by atoms with Crippen LogP contribution in [-0.4, -0.2) is 29.4 Å². The standard InChI is InChI=1S/C12H17ClN4O2/c1-7(2)16-10(18)5-6-15-12(19)11-8(13)3-4-9(14)17-11/h3-4,7H,5-6H2,1-2H3,(H2,14,17)(H,15,19)(H,16,18). The van der Waals surface area contributed by atoms with E-state index in [9.17, 15) is 9.59 Å². The lowest BCUT2D eigenvalue weighted by atomic mass is 10.3. The van der Waals surface area contributed by atoms with Gasteiger partial charge >= 0.3 is 0 Å². The second-order valence-electron chi connectivity index (χ2n) is 4.29. The molecule has 0 radical (unpaired) electrons. The van der Waals surface area contributed by atoms with Gasteiger partial charge in [0.25, 0.3) is 5.91 Å². The van der Waals surface area contributed by atoms with Gasteiger partial charge in [-0.3, -0.25) is 9.59 Å². The zero-order valence-electron chi connectivity index (χ0n) is 10.9. The molecule has 0 spiro atoms. The lowest BCUT2D eigenvalue weighted by molar-refractivity contribution is -0.121. The Balaban J connectivity index is 2.48. The first-order valence-corrected chi connectivity index (χ1v) is 6.27. The fraction of sp³-hybridized carbons (Fsp3) is 0.417. The van der Waals surface area contributed by atoms with Crippen molar-refractivity contribution < 1.29 is 9.59 Å². The summed E-state index contributed by atoms with van der Waals surface area (Å²) in [6.45, 7) is 3.95. The molecule has 19 heavy (non-hydrogen) atoms. The molecule has 1 aromatic rings. The van der Waals surface area contributed by atoms with Gasteiger partial charge in [0.2, 0.25) is 5.91 Å². The quantitative estimate of drug-likeness (QED) is 0.750. The van der Waals surface area contributed by atoms with Crippen LogP contribution in [0.4, 0.5) is 5.82 Å². The molecule has 1 heterocycles. The molecule has 0 aliphatic rings. The van der Waals surface area contributed by atoms with Gasteiger partial charge in [-0.1, -0.05) is 11.6 Å². The van der Waals surface area contributed by atoms with Gasteiger partial charge in [-0.15, -0.1) is 0 Å². The average Bonchev–Trinajstić information content (AvgIpc) is 2.31. The highest BCUT2D eigenvalue weighted by Crippen LogP contribution is 2.14. The van der Waals surface area contributed by atoms with Crippen molar-refractivity contribution >= 4 is 29.2 Å². The van der Waals surface area contributed by atoms with Crippen LogP contribution in [0.5, 0.6) is 0 Å². The molecule has 0 aromatic carbocycles. The number of aromatic nitrogens is 1. The van der Waals surface area contributed by atoms with Crippen LogP contribution in [0, 0.1) is 0 Å². The summed E-state index contributed by atoms with van der Waals surface area (Å²) in [5.41, 5.74) is 5.54. The number of nitrogen functional groups attached to an aromatic ring is 1. The molecule has 0 saturated carbocycles. The van der Waals surface area contributed by atoms with Crippen molar-refractivity contribution in [2.75, 3.05) is 12.3 Å². The molecule has 1 aromatic heterocycles. The van der Waals surface area contributed by atoms with E-state index in [1.165, 1.54) is 12.1 Å². The van der Waals surface area contributed by atoms with E-state index in [0.29, 0.717) is 0 Å². The van der Waals surface area contributed by atoms with Gasteiger partial charge < -0.3 is 16.4 Å². The minimum Gasteiger partial charge on any atom is -0.384 e. The fourth-order valence-electron chi connectivity index (χ4n) is 1.38. The van der Waals surface area contributed by atoms with Crippen LogP contribution < -0.4 is 16.4 Å². The summed E-state index contributed by atoms with van der Waals surface area (Å²) < 4.78 is 0. The Morgan fingerprint density at radius 3 is 2.74 bits per heavy atom. The van der Waals surface area contributed by atoms with Gasteiger partial charge in [0.1, 0.15) is 11.5 Å². The normalized spacial score (nSPS) is 10.3. The van der Waals surface area contributed by atoms with Gasteiger partial charge in [0.15, 0.2) is 0 Å². The van der Waals surface area contributed by atoms with Crippen molar-refractivity contribution in [3.63, 3.8) is 0 Å². The zero-order chi connectivity index (χ0) is 14.4. The minimum absolute atomic E-state index is 0.0611. The number of hydrogen-bond donors (Lipinski definition) is 3. The van der Waals surface area contributed by atoms with E-state index in [1.807, 2.05) is 13.8 Å². The number of nitrogens with two attached hydrogens (primary N) is 1. The first kappa shape index (κ1) is 15.2. The zero-order valence-corrected chi connectivity index (χ0v) is 11.6. The molecule has 4 N–H and O–H groups in total. The molecular weight excluding hydrogens is 268 g/mol. The number of amides is 2. The monoisotopic (exact) mass is 284 g/mol. The maximum atomic E-state index is 11.8. The summed E-state index contributed by atoms with van der Waals surface area (Å²) in [6, 6.07) is 3.09. The van der Waals surface area contributed by atoms with Crippen molar-refractivity contribution in [3.8, 4) is 0 Å². The Morgan fingerprint density at radius 1 is 1.42 bits per heavy atom. The number of halogens is 1. The Hall–Kier alpha value is -1.82. The third-order valence-corrected chi connectivity index (χ3v) is 2.47. The first-order valence-electron chi connectivity index (χ1n) is 5.89. The van der Waals surface area contributed by atoms with Gasteiger partial charge in [-0.2, -0.15) is 0 Å². The minimum atomic E-state index is -0.449. The van der Waals surface area contributed by atoms with Crippen LogP contribution in [0.25, 0.3) is 0 Å². The Labute approximate surface area is 116 Å². The molecule has 7 heteroatoms. The number of nitrogens with zero attached hydrogens (tertiary/aromatic N) is 1.